The number of hydrogen-bond acceptors (Lipinski definition) is 3. The van der Waals surface area contributed by atoms with E-state index in [9.17, 15) is 9.59 Å². The van der Waals surface area contributed by atoms with E-state index in [1.54, 1.807) is 13.0 Å². The van der Waals surface area contributed by atoms with Crippen molar-refractivity contribution in [1.82, 2.24) is 5.32 Å². The lowest BCUT2D eigenvalue weighted by molar-refractivity contribution is -0.124. The molecular weight excluding hydrogens is 316 g/mol. The molecule has 0 radical (unpaired) electrons. The van der Waals surface area contributed by atoms with E-state index < -0.39 is 6.04 Å². The number of anilines is 1. The summed E-state index contributed by atoms with van der Waals surface area (Å²) in [7, 11) is 0. The Balaban J connectivity index is 2.03. The Bertz CT molecular complexity index is 744. The van der Waals surface area contributed by atoms with Crippen LogP contribution in [0.1, 0.15) is 38.0 Å². The summed E-state index contributed by atoms with van der Waals surface area (Å²) in [6.07, 6.45) is -0.0687. The van der Waals surface area contributed by atoms with Crippen LogP contribution >= 0.6 is 0 Å². The second kappa shape index (κ2) is 8.33. The highest BCUT2D eigenvalue weighted by Crippen LogP contribution is 2.26. The SMILES string of the molecule is CC(=O)N[C@@H](C)C(=O)Nc1ccc(O[C@H](C)c2ccccc2)cc1C. The largest absolute Gasteiger partial charge is 0.486 e. The van der Waals surface area contributed by atoms with Crippen LogP contribution in [0.3, 0.4) is 0 Å². The lowest BCUT2D eigenvalue weighted by Crippen LogP contribution is -2.40. The van der Waals surface area contributed by atoms with E-state index in [1.807, 2.05) is 56.3 Å². The fourth-order valence-corrected chi connectivity index (χ4v) is 2.46. The topological polar surface area (TPSA) is 67.4 Å². The van der Waals surface area contributed by atoms with Gasteiger partial charge in [-0.15, -0.1) is 0 Å². The predicted octanol–water partition coefficient (Wildman–Crippen LogP) is 3.60. The quantitative estimate of drug-likeness (QED) is 0.844. The van der Waals surface area contributed by atoms with Gasteiger partial charge in [0, 0.05) is 12.6 Å². The Kier molecular flexibility index (Phi) is 6.17. The van der Waals surface area contributed by atoms with Gasteiger partial charge in [-0.25, -0.2) is 0 Å². The highest BCUT2D eigenvalue weighted by atomic mass is 16.5. The molecule has 2 atom stereocenters. The molecule has 0 fully saturated rings. The second-order valence-electron chi connectivity index (χ2n) is 6.06. The van der Waals surface area contributed by atoms with Gasteiger partial charge >= 0.3 is 0 Å². The summed E-state index contributed by atoms with van der Waals surface area (Å²) < 4.78 is 5.97. The number of ether oxygens (including phenoxy) is 1. The van der Waals surface area contributed by atoms with E-state index in [0.29, 0.717) is 5.69 Å². The number of benzene rings is 2. The van der Waals surface area contributed by atoms with Gasteiger partial charge in [-0.3, -0.25) is 9.59 Å². The van der Waals surface area contributed by atoms with Gasteiger partial charge in [0.1, 0.15) is 17.9 Å². The van der Waals surface area contributed by atoms with Crippen LogP contribution < -0.4 is 15.4 Å². The summed E-state index contributed by atoms with van der Waals surface area (Å²) in [6, 6.07) is 14.9. The third-order valence-electron chi connectivity index (χ3n) is 3.85. The van der Waals surface area contributed by atoms with Gasteiger partial charge in [0.2, 0.25) is 11.8 Å². The molecule has 0 aliphatic carbocycles. The number of hydrogen-bond donors (Lipinski definition) is 2. The van der Waals surface area contributed by atoms with E-state index in [1.165, 1.54) is 6.92 Å². The number of carbonyl (C=O) groups is 2. The molecule has 0 saturated heterocycles. The van der Waals surface area contributed by atoms with Crippen molar-refractivity contribution in [3.05, 3.63) is 59.7 Å². The van der Waals surface area contributed by atoms with Gasteiger partial charge in [-0.1, -0.05) is 30.3 Å². The maximum absolute atomic E-state index is 12.1. The zero-order chi connectivity index (χ0) is 18.4. The van der Waals surface area contributed by atoms with E-state index in [0.717, 1.165) is 16.9 Å². The van der Waals surface area contributed by atoms with Crippen molar-refractivity contribution in [1.29, 1.82) is 0 Å². The normalized spacial score (nSPS) is 12.8. The molecule has 2 amide bonds. The maximum atomic E-state index is 12.1. The van der Waals surface area contributed by atoms with Crippen molar-refractivity contribution in [2.24, 2.45) is 0 Å². The fourth-order valence-electron chi connectivity index (χ4n) is 2.46. The number of amides is 2. The maximum Gasteiger partial charge on any atom is 0.246 e. The van der Waals surface area contributed by atoms with Crippen LogP contribution in [-0.4, -0.2) is 17.9 Å². The summed E-state index contributed by atoms with van der Waals surface area (Å²) in [4.78, 5) is 23.1. The van der Waals surface area contributed by atoms with Gasteiger partial charge in [-0.05, 0) is 50.1 Å². The first kappa shape index (κ1) is 18.5. The lowest BCUT2D eigenvalue weighted by Gasteiger charge is -2.17. The smallest absolute Gasteiger partial charge is 0.246 e. The van der Waals surface area contributed by atoms with E-state index in [2.05, 4.69) is 10.6 Å². The third-order valence-corrected chi connectivity index (χ3v) is 3.85. The number of rotatable bonds is 6. The Labute approximate surface area is 148 Å². The molecule has 2 aromatic rings. The molecule has 0 aromatic heterocycles. The van der Waals surface area contributed by atoms with Crippen LogP contribution in [0.5, 0.6) is 5.75 Å². The standard InChI is InChI=1S/C20H24N2O3/c1-13-12-18(25-15(3)17-8-6-5-7-9-17)10-11-19(13)22-20(24)14(2)21-16(4)23/h5-12,14-15H,1-4H3,(H,21,23)(H,22,24)/t14-,15+/m0/s1. The number of nitrogens with one attached hydrogen (secondary N) is 2. The lowest BCUT2D eigenvalue weighted by atomic mass is 10.1. The van der Waals surface area contributed by atoms with E-state index in [4.69, 9.17) is 4.74 Å². The van der Waals surface area contributed by atoms with Gasteiger partial charge in [0.15, 0.2) is 0 Å². The molecular formula is C20H24N2O3. The monoisotopic (exact) mass is 340 g/mol. The van der Waals surface area contributed by atoms with Crippen LogP contribution in [0.15, 0.2) is 48.5 Å². The first-order valence-electron chi connectivity index (χ1n) is 8.27. The Morgan fingerprint density at radius 3 is 2.32 bits per heavy atom. The van der Waals surface area contributed by atoms with Gasteiger partial charge in [0.25, 0.3) is 0 Å². The van der Waals surface area contributed by atoms with E-state index in [-0.39, 0.29) is 17.9 Å². The minimum Gasteiger partial charge on any atom is -0.486 e. The van der Waals surface area contributed by atoms with Gasteiger partial charge in [0.05, 0.1) is 0 Å². The molecule has 2 rings (SSSR count). The summed E-state index contributed by atoms with van der Waals surface area (Å²) >= 11 is 0. The molecule has 0 aliphatic rings. The van der Waals surface area contributed by atoms with Crippen molar-refractivity contribution in [3.8, 4) is 5.75 Å². The fraction of sp³-hybridized carbons (Fsp3) is 0.300. The zero-order valence-electron chi connectivity index (χ0n) is 15.0. The van der Waals surface area contributed by atoms with E-state index >= 15 is 0 Å². The van der Waals surface area contributed by atoms with Gasteiger partial charge in [-0.2, -0.15) is 0 Å². The first-order valence-corrected chi connectivity index (χ1v) is 8.27. The predicted molar refractivity (Wildman–Crippen MR) is 98.6 cm³/mol. The minimum atomic E-state index is -0.592. The average Bonchev–Trinajstić information content (AvgIpc) is 2.57. The second-order valence-corrected chi connectivity index (χ2v) is 6.06. The molecule has 0 heterocycles. The van der Waals surface area contributed by atoms with Crippen molar-refractivity contribution in [2.45, 2.75) is 39.8 Å². The van der Waals surface area contributed by atoms with Crippen LogP contribution in [0, 0.1) is 6.92 Å². The molecule has 0 spiro atoms. The Hall–Kier alpha value is -2.82. The highest BCUT2D eigenvalue weighted by Gasteiger charge is 2.15. The molecule has 5 nitrogen and oxygen atoms in total. The molecule has 2 N–H and O–H groups in total. The van der Waals surface area contributed by atoms with Crippen LogP contribution in [0.25, 0.3) is 0 Å². The Morgan fingerprint density at radius 1 is 1.04 bits per heavy atom. The first-order chi connectivity index (χ1) is 11.9. The summed E-state index contributed by atoms with van der Waals surface area (Å²) in [6.45, 7) is 6.92. The molecule has 5 heteroatoms. The zero-order valence-corrected chi connectivity index (χ0v) is 15.0. The Morgan fingerprint density at radius 2 is 1.72 bits per heavy atom. The van der Waals surface area contributed by atoms with Crippen molar-refractivity contribution >= 4 is 17.5 Å². The van der Waals surface area contributed by atoms with Crippen LogP contribution in [-0.2, 0) is 9.59 Å². The van der Waals surface area contributed by atoms with Crippen LogP contribution in [0.2, 0.25) is 0 Å². The molecule has 25 heavy (non-hydrogen) atoms. The third kappa shape index (κ3) is 5.35. The number of aryl methyl sites for hydroxylation is 1. The summed E-state index contributed by atoms with van der Waals surface area (Å²) in [5.41, 5.74) is 2.68. The van der Waals surface area contributed by atoms with Crippen molar-refractivity contribution in [3.63, 3.8) is 0 Å². The van der Waals surface area contributed by atoms with Crippen molar-refractivity contribution in [2.75, 3.05) is 5.32 Å². The molecule has 2 aromatic carbocycles. The molecule has 0 bridgehead atoms. The summed E-state index contributed by atoms with van der Waals surface area (Å²) in [5, 5.41) is 5.38. The summed E-state index contributed by atoms with van der Waals surface area (Å²) in [5.74, 6) is 0.240. The molecule has 0 aliphatic heterocycles. The van der Waals surface area contributed by atoms with Crippen molar-refractivity contribution < 1.29 is 14.3 Å². The average molecular weight is 340 g/mol. The van der Waals surface area contributed by atoms with Gasteiger partial charge < -0.3 is 15.4 Å². The number of carbonyl (C=O) groups excluding carboxylic acids is 2. The highest BCUT2D eigenvalue weighted by molar-refractivity contribution is 5.97. The molecule has 132 valence electrons. The van der Waals surface area contributed by atoms with Crippen LogP contribution in [0.4, 0.5) is 5.69 Å². The molecule has 0 unspecified atom stereocenters. The molecule has 0 saturated carbocycles. The minimum absolute atomic E-state index is 0.0687.